The number of carboxylic acid groups (broad SMARTS) is 1. The molecule has 0 fully saturated rings. The summed E-state index contributed by atoms with van der Waals surface area (Å²) in [5.41, 5.74) is 1.60. The molecule has 2 heterocycles. The third-order valence-corrected chi connectivity index (χ3v) is 2.69. The Kier molecular flexibility index (Phi) is 2.08. The molecule has 1 aromatic carbocycles. The third kappa shape index (κ3) is 1.54. The zero-order valence-electron chi connectivity index (χ0n) is 8.83. The van der Waals surface area contributed by atoms with Gasteiger partial charge in [-0.25, -0.2) is 4.79 Å². The molecule has 1 atom stereocenters. The second kappa shape index (κ2) is 3.59. The van der Waals surface area contributed by atoms with Crippen molar-refractivity contribution in [2.75, 3.05) is 0 Å². The van der Waals surface area contributed by atoms with Crippen molar-refractivity contribution in [3.63, 3.8) is 0 Å². The summed E-state index contributed by atoms with van der Waals surface area (Å²) < 4.78 is 5.48. The van der Waals surface area contributed by atoms with Crippen LogP contribution in [-0.2, 0) is 4.79 Å². The Hall–Kier alpha value is -2.36. The first-order chi connectivity index (χ1) is 8.25. The molecule has 0 saturated heterocycles. The summed E-state index contributed by atoms with van der Waals surface area (Å²) in [7, 11) is 0. The number of benzene rings is 1. The fraction of sp³-hybridized carbons (Fsp3) is 0.0769. The van der Waals surface area contributed by atoms with Crippen LogP contribution >= 0.6 is 0 Å². The molecular weight excluding hydrogens is 218 g/mol. The van der Waals surface area contributed by atoms with Crippen molar-refractivity contribution < 1.29 is 14.6 Å². The maximum atomic E-state index is 10.9. The number of fused-ring (bicyclic) bond motifs is 3. The number of hydrogen-bond donors (Lipinski definition) is 1. The molecule has 0 radical (unpaired) electrons. The first kappa shape index (κ1) is 9.84. The number of pyridine rings is 1. The van der Waals surface area contributed by atoms with Crippen LogP contribution in [-0.4, -0.2) is 22.2 Å². The van der Waals surface area contributed by atoms with Gasteiger partial charge in [-0.05, 0) is 24.3 Å². The molecule has 17 heavy (non-hydrogen) atoms. The van der Waals surface area contributed by atoms with E-state index in [0.29, 0.717) is 5.75 Å². The molecule has 0 amide bonds. The Morgan fingerprint density at radius 1 is 1.35 bits per heavy atom. The third-order valence-electron chi connectivity index (χ3n) is 2.69. The summed E-state index contributed by atoms with van der Waals surface area (Å²) in [4.78, 5) is 15.2. The number of ether oxygens (including phenoxy) is 1. The number of hydrogen-bond acceptors (Lipinski definition) is 3. The zero-order chi connectivity index (χ0) is 11.8. The maximum Gasteiger partial charge on any atom is 0.349 e. The Morgan fingerprint density at radius 3 is 3.00 bits per heavy atom. The Bertz CT molecular complexity index is 634. The molecule has 3 rings (SSSR count). The van der Waals surface area contributed by atoms with E-state index in [4.69, 9.17) is 9.84 Å². The predicted molar refractivity (Wildman–Crippen MR) is 62.8 cm³/mol. The van der Waals surface area contributed by atoms with Crippen molar-refractivity contribution in [2.45, 2.75) is 6.10 Å². The molecule has 84 valence electrons. The molecule has 1 aliphatic rings. The summed E-state index contributed by atoms with van der Waals surface area (Å²) >= 11 is 0. The number of aromatic nitrogens is 1. The number of aliphatic carboxylic acids is 1. The van der Waals surface area contributed by atoms with Gasteiger partial charge < -0.3 is 9.84 Å². The molecule has 4 nitrogen and oxygen atoms in total. The zero-order valence-corrected chi connectivity index (χ0v) is 8.83. The Labute approximate surface area is 97.2 Å². The molecule has 0 bridgehead atoms. The minimum atomic E-state index is -0.993. The van der Waals surface area contributed by atoms with Gasteiger partial charge in [-0.15, -0.1) is 0 Å². The number of carbonyl (C=O) groups is 1. The van der Waals surface area contributed by atoms with Crippen molar-refractivity contribution >= 4 is 22.9 Å². The number of carboxylic acids is 1. The molecule has 4 heteroatoms. The topological polar surface area (TPSA) is 59.4 Å². The van der Waals surface area contributed by atoms with Crippen LogP contribution in [0.15, 0.2) is 36.5 Å². The lowest BCUT2D eigenvalue weighted by atomic mass is 10.1. The van der Waals surface area contributed by atoms with E-state index in [-0.39, 0.29) is 0 Å². The van der Waals surface area contributed by atoms with Crippen molar-refractivity contribution in [3.8, 4) is 5.75 Å². The predicted octanol–water partition coefficient (Wildman–Crippen LogP) is 2.09. The lowest BCUT2D eigenvalue weighted by molar-refractivity contribution is -0.142. The monoisotopic (exact) mass is 227 g/mol. The van der Waals surface area contributed by atoms with Crippen LogP contribution in [0, 0.1) is 0 Å². The SMILES string of the molecule is O=C(O)C1C=Cc2cnc3ccccc3c2O1. The Balaban J connectivity index is 2.21. The second-order valence-corrected chi connectivity index (χ2v) is 3.80. The van der Waals surface area contributed by atoms with Gasteiger partial charge in [0, 0.05) is 17.1 Å². The summed E-state index contributed by atoms with van der Waals surface area (Å²) in [6.07, 6.45) is 4.01. The van der Waals surface area contributed by atoms with Crippen LogP contribution in [0.25, 0.3) is 17.0 Å². The van der Waals surface area contributed by atoms with Gasteiger partial charge in [0.25, 0.3) is 0 Å². The van der Waals surface area contributed by atoms with Gasteiger partial charge in [0.2, 0.25) is 6.10 Å². The van der Waals surface area contributed by atoms with Crippen molar-refractivity contribution in [2.24, 2.45) is 0 Å². The highest BCUT2D eigenvalue weighted by Gasteiger charge is 2.22. The molecule has 1 N–H and O–H groups in total. The average Bonchev–Trinajstić information content (AvgIpc) is 2.38. The fourth-order valence-corrected chi connectivity index (χ4v) is 1.87. The summed E-state index contributed by atoms with van der Waals surface area (Å²) in [5, 5.41) is 9.78. The normalized spacial score (nSPS) is 17.5. The van der Waals surface area contributed by atoms with Crippen LogP contribution in [0.5, 0.6) is 5.75 Å². The first-order valence-corrected chi connectivity index (χ1v) is 5.21. The Morgan fingerprint density at radius 2 is 2.18 bits per heavy atom. The van der Waals surface area contributed by atoms with E-state index in [9.17, 15) is 4.79 Å². The molecular formula is C13H9NO3. The lowest BCUT2D eigenvalue weighted by Gasteiger charge is -2.19. The molecule has 1 aliphatic heterocycles. The minimum absolute atomic E-state index is 0.588. The summed E-state index contributed by atoms with van der Waals surface area (Å²) in [6.45, 7) is 0. The lowest BCUT2D eigenvalue weighted by Crippen LogP contribution is -2.26. The van der Waals surface area contributed by atoms with Gasteiger partial charge >= 0.3 is 5.97 Å². The van der Waals surface area contributed by atoms with E-state index in [0.717, 1.165) is 16.5 Å². The van der Waals surface area contributed by atoms with Gasteiger partial charge in [-0.1, -0.05) is 12.1 Å². The molecule has 0 saturated carbocycles. The minimum Gasteiger partial charge on any atom is -0.478 e. The van der Waals surface area contributed by atoms with Crippen molar-refractivity contribution in [1.82, 2.24) is 4.98 Å². The fourth-order valence-electron chi connectivity index (χ4n) is 1.87. The first-order valence-electron chi connectivity index (χ1n) is 5.21. The maximum absolute atomic E-state index is 10.9. The molecule has 1 unspecified atom stereocenters. The van der Waals surface area contributed by atoms with Gasteiger partial charge in [0.05, 0.1) is 5.52 Å². The van der Waals surface area contributed by atoms with E-state index in [2.05, 4.69) is 4.98 Å². The smallest absolute Gasteiger partial charge is 0.349 e. The van der Waals surface area contributed by atoms with Gasteiger partial charge in [-0.2, -0.15) is 0 Å². The van der Waals surface area contributed by atoms with Crippen LogP contribution < -0.4 is 4.74 Å². The second-order valence-electron chi connectivity index (χ2n) is 3.80. The van der Waals surface area contributed by atoms with Crippen LogP contribution in [0.2, 0.25) is 0 Å². The van der Waals surface area contributed by atoms with Crippen LogP contribution in [0.1, 0.15) is 5.56 Å². The highest BCUT2D eigenvalue weighted by Crippen LogP contribution is 2.32. The average molecular weight is 227 g/mol. The number of nitrogens with zero attached hydrogens (tertiary/aromatic N) is 1. The van der Waals surface area contributed by atoms with Crippen LogP contribution in [0.3, 0.4) is 0 Å². The summed E-state index contributed by atoms with van der Waals surface area (Å²) in [5.74, 6) is -0.404. The molecule has 0 spiro atoms. The quantitative estimate of drug-likeness (QED) is 0.810. The highest BCUT2D eigenvalue weighted by atomic mass is 16.5. The number of rotatable bonds is 1. The van der Waals surface area contributed by atoms with Crippen molar-refractivity contribution in [3.05, 3.63) is 42.1 Å². The van der Waals surface area contributed by atoms with Crippen LogP contribution in [0.4, 0.5) is 0 Å². The molecule has 1 aromatic heterocycles. The number of para-hydroxylation sites is 1. The summed E-state index contributed by atoms with van der Waals surface area (Å²) in [6, 6.07) is 7.50. The van der Waals surface area contributed by atoms with E-state index < -0.39 is 12.1 Å². The standard InChI is InChI=1S/C13H9NO3/c15-13(16)11-6-5-8-7-14-10-4-2-1-3-9(10)12(8)17-11/h1-7,11H,(H,15,16). The van der Waals surface area contributed by atoms with Crippen molar-refractivity contribution in [1.29, 1.82) is 0 Å². The largest absolute Gasteiger partial charge is 0.478 e. The van der Waals surface area contributed by atoms with E-state index in [1.807, 2.05) is 24.3 Å². The van der Waals surface area contributed by atoms with E-state index >= 15 is 0 Å². The van der Waals surface area contributed by atoms with Gasteiger partial charge in [-0.3, -0.25) is 4.98 Å². The van der Waals surface area contributed by atoms with Gasteiger partial charge in [0.15, 0.2) is 0 Å². The molecule has 0 aliphatic carbocycles. The molecule has 2 aromatic rings. The van der Waals surface area contributed by atoms with Gasteiger partial charge in [0.1, 0.15) is 5.75 Å². The van der Waals surface area contributed by atoms with E-state index in [1.165, 1.54) is 6.08 Å². The highest BCUT2D eigenvalue weighted by molar-refractivity contribution is 5.90. The van der Waals surface area contributed by atoms with E-state index in [1.54, 1.807) is 12.3 Å².